The van der Waals surface area contributed by atoms with Crippen molar-refractivity contribution in [2.75, 3.05) is 0 Å². The van der Waals surface area contributed by atoms with Crippen LogP contribution < -0.4 is 0 Å². The van der Waals surface area contributed by atoms with E-state index in [0.29, 0.717) is 11.5 Å². The van der Waals surface area contributed by atoms with Gasteiger partial charge in [-0.1, -0.05) is 23.4 Å². The zero-order valence-corrected chi connectivity index (χ0v) is 10.3. The smallest absolute Gasteiger partial charge is 0.248 e. The van der Waals surface area contributed by atoms with Crippen LogP contribution in [0.2, 0.25) is 0 Å². The molecule has 0 aliphatic carbocycles. The van der Waals surface area contributed by atoms with Gasteiger partial charge in [-0.15, -0.1) is 5.10 Å². The molecule has 0 aliphatic rings. The molecule has 5 nitrogen and oxygen atoms in total. The molecule has 0 fully saturated rings. The van der Waals surface area contributed by atoms with Crippen molar-refractivity contribution in [2.24, 2.45) is 0 Å². The summed E-state index contributed by atoms with van der Waals surface area (Å²) in [7, 11) is 0. The van der Waals surface area contributed by atoms with E-state index in [2.05, 4.69) is 10.3 Å². The summed E-state index contributed by atoms with van der Waals surface area (Å²) in [6, 6.07) is 12.8. The van der Waals surface area contributed by atoms with Crippen LogP contribution in [-0.4, -0.2) is 20.8 Å². The number of furan rings is 1. The van der Waals surface area contributed by atoms with E-state index in [0.717, 1.165) is 5.69 Å². The molecule has 0 saturated heterocycles. The number of hydrogen-bond acceptors (Lipinski definition) is 4. The van der Waals surface area contributed by atoms with Gasteiger partial charge in [-0.05, 0) is 31.2 Å². The van der Waals surface area contributed by atoms with Crippen molar-refractivity contribution in [3.05, 3.63) is 65.9 Å². The van der Waals surface area contributed by atoms with Crippen LogP contribution in [0.25, 0.3) is 5.69 Å². The minimum absolute atomic E-state index is 0.234. The lowest BCUT2D eigenvalue weighted by Gasteiger charge is -2.03. The van der Waals surface area contributed by atoms with Crippen LogP contribution in [0, 0.1) is 6.92 Å². The van der Waals surface area contributed by atoms with Crippen LogP contribution >= 0.6 is 0 Å². The molecular formula is C14H11N3O2. The van der Waals surface area contributed by atoms with E-state index in [1.54, 1.807) is 19.1 Å². The van der Waals surface area contributed by atoms with Crippen LogP contribution in [0.5, 0.6) is 0 Å². The zero-order chi connectivity index (χ0) is 13.2. The summed E-state index contributed by atoms with van der Waals surface area (Å²) in [5.41, 5.74) is 1.16. The molecule has 0 unspecified atom stereocenters. The van der Waals surface area contributed by atoms with Gasteiger partial charge in [-0.2, -0.15) is 0 Å². The van der Waals surface area contributed by atoms with Gasteiger partial charge in [0.25, 0.3) is 0 Å². The Hall–Kier alpha value is -2.69. The van der Waals surface area contributed by atoms with Crippen LogP contribution in [0.1, 0.15) is 22.0 Å². The first-order chi connectivity index (χ1) is 9.25. The highest BCUT2D eigenvalue weighted by Crippen LogP contribution is 2.15. The number of aryl methyl sites for hydroxylation is 1. The SMILES string of the molecule is Cc1ccc(C(=O)c2cnnn2-c2ccccc2)o1. The van der Waals surface area contributed by atoms with Gasteiger partial charge in [0.2, 0.25) is 5.78 Å². The van der Waals surface area contributed by atoms with Crippen LogP contribution in [-0.2, 0) is 0 Å². The van der Waals surface area contributed by atoms with Crippen molar-refractivity contribution in [1.29, 1.82) is 0 Å². The average molecular weight is 253 g/mol. The van der Waals surface area contributed by atoms with Gasteiger partial charge < -0.3 is 4.42 Å². The number of hydrogen-bond donors (Lipinski definition) is 0. The highest BCUT2D eigenvalue weighted by Gasteiger charge is 2.19. The van der Waals surface area contributed by atoms with Crippen LogP contribution in [0.15, 0.2) is 53.1 Å². The predicted molar refractivity (Wildman–Crippen MR) is 68.2 cm³/mol. The number of nitrogens with zero attached hydrogens (tertiary/aromatic N) is 3. The first-order valence-electron chi connectivity index (χ1n) is 5.83. The van der Waals surface area contributed by atoms with E-state index in [9.17, 15) is 4.79 Å². The van der Waals surface area contributed by atoms with Gasteiger partial charge in [0.1, 0.15) is 11.5 Å². The second-order valence-electron chi connectivity index (χ2n) is 4.11. The Kier molecular flexibility index (Phi) is 2.72. The normalized spacial score (nSPS) is 10.6. The van der Waals surface area contributed by atoms with Crippen molar-refractivity contribution in [3.8, 4) is 5.69 Å². The third kappa shape index (κ3) is 2.06. The van der Waals surface area contributed by atoms with Crippen LogP contribution in [0.3, 0.4) is 0 Å². The molecule has 94 valence electrons. The standard InChI is InChI=1S/C14H11N3O2/c1-10-7-8-13(19-10)14(18)12-9-15-16-17(12)11-5-3-2-4-6-11/h2-9H,1H3. The molecule has 0 radical (unpaired) electrons. The highest BCUT2D eigenvalue weighted by molar-refractivity contribution is 6.06. The maximum absolute atomic E-state index is 12.3. The Morgan fingerprint density at radius 2 is 1.95 bits per heavy atom. The molecule has 0 spiro atoms. The molecule has 0 aliphatic heterocycles. The van der Waals surface area contributed by atoms with E-state index < -0.39 is 0 Å². The summed E-state index contributed by atoms with van der Waals surface area (Å²) in [4.78, 5) is 12.3. The molecule has 0 amide bonds. The molecule has 3 aromatic rings. The Morgan fingerprint density at radius 1 is 1.16 bits per heavy atom. The van der Waals surface area contributed by atoms with Gasteiger partial charge in [0, 0.05) is 0 Å². The monoisotopic (exact) mass is 253 g/mol. The van der Waals surface area contributed by atoms with E-state index in [-0.39, 0.29) is 11.5 Å². The van der Waals surface area contributed by atoms with Crippen molar-refractivity contribution in [3.63, 3.8) is 0 Å². The number of carbonyl (C=O) groups excluding carboxylic acids is 1. The van der Waals surface area contributed by atoms with Crippen molar-refractivity contribution in [1.82, 2.24) is 15.0 Å². The molecule has 19 heavy (non-hydrogen) atoms. The number of ketones is 1. The summed E-state index contributed by atoms with van der Waals surface area (Å²) in [6.07, 6.45) is 1.44. The number of benzene rings is 1. The third-order valence-electron chi connectivity index (χ3n) is 2.75. The van der Waals surface area contributed by atoms with Crippen molar-refractivity contribution >= 4 is 5.78 Å². The predicted octanol–water partition coefficient (Wildman–Crippen LogP) is 2.40. The number of aromatic nitrogens is 3. The second kappa shape index (κ2) is 4.53. The molecule has 3 rings (SSSR count). The highest BCUT2D eigenvalue weighted by atomic mass is 16.3. The molecule has 2 heterocycles. The Labute approximate surface area is 109 Å². The summed E-state index contributed by atoms with van der Waals surface area (Å²) in [6.45, 7) is 1.80. The third-order valence-corrected chi connectivity index (χ3v) is 2.75. The topological polar surface area (TPSA) is 60.9 Å². The molecular weight excluding hydrogens is 242 g/mol. The van der Waals surface area contributed by atoms with E-state index in [1.807, 2.05) is 30.3 Å². The Bertz CT molecular complexity index is 713. The lowest BCUT2D eigenvalue weighted by molar-refractivity contribution is 0.100. The minimum atomic E-state index is -0.234. The first-order valence-corrected chi connectivity index (χ1v) is 5.83. The average Bonchev–Trinajstić information content (AvgIpc) is 3.07. The lowest BCUT2D eigenvalue weighted by Crippen LogP contribution is -2.09. The fourth-order valence-corrected chi connectivity index (χ4v) is 1.83. The summed E-state index contributed by atoms with van der Waals surface area (Å²) < 4.78 is 6.84. The zero-order valence-electron chi connectivity index (χ0n) is 10.3. The van der Waals surface area contributed by atoms with Gasteiger partial charge in [0.05, 0.1) is 11.9 Å². The minimum Gasteiger partial charge on any atom is -0.458 e. The van der Waals surface area contributed by atoms with E-state index >= 15 is 0 Å². The Balaban J connectivity index is 2.03. The molecule has 5 heteroatoms. The fraction of sp³-hybridized carbons (Fsp3) is 0.0714. The number of para-hydroxylation sites is 1. The molecule has 0 N–H and O–H groups in total. The summed E-state index contributed by atoms with van der Waals surface area (Å²) >= 11 is 0. The van der Waals surface area contributed by atoms with Gasteiger partial charge in [-0.3, -0.25) is 4.79 Å². The number of carbonyl (C=O) groups is 1. The van der Waals surface area contributed by atoms with Crippen LogP contribution in [0.4, 0.5) is 0 Å². The molecule has 0 atom stereocenters. The van der Waals surface area contributed by atoms with Crippen molar-refractivity contribution < 1.29 is 9.21 Å². The maximum Gasteiger partial charge on any atom is 0.248 e. The lowest BCUT2D eigenvalue weighted by atomic mass is 10.2. The summed E-state index contributed by atoms with van der Waals surface area (Å²) in [5.74, 6) is 0.751. The van der Waals surface area contributed by atoms with E-state index in [4.69, 9.17) is 4.42 Å². The first kappa shape index (κ1) is 11.4. The van der Waals surface area contributed by atoms with Gasteiger partial charge >= 0.3 is 0 Å². The van der Waals surface area contributed by atoms with Crippen molar-refractivity contribution in [2.45, 2.75) is 6.92 Å². The molecule has 1 aromatic carbocycles. The fourth-order valence-electron chi connectivity index (χ4n) is 1.83. The summed E-state index contributed by atoms with van der Waals surface area (Å²) in [5, 5.41) is 7.75. The van der Waals surface area contributed by atoms with Gasteiger partial charge in [0.15, 0.2) is 5.76 Å². The quantitative estimate of drug-likeness (QED) is 0.672. The molecule has 0 bridgehead atoms. The van der Waals surface area contributed by atoms with Gasteiger partial charge in [-0.25, -0.2) is 4.68 Å². The van der Waals surface area contributed by atoms with E-state index in [1.165, 1.54) is 10.9 Å². The largest absolute Gasteiger partial charge is 0.458 e. The number of rotatable bonds is 3. The second-order valence-corrected chi connectivity index (χ2v) is 4.11. The Morgan fingerprint density at radius 3 is 2.63 bits per heavy atom. The molecule has 2 aromatic heterocycles. The molecule has 0 saturated carbocycles. The maximum atomic E-state index is 12.3.